The third-order valence-electron chi connectivity index (χ3n) is 3.73. The number of rotatable bonds is 3. The van der Waals surface area contributed by atoms with Crippen molar-refractivity contribution < 1.29 is 4.39 Å². The summed E-state index contributed by atoms with van der Waals surface area (Å²) in [6, 6.07) is 8.89. The van der Waals surface area contributed by atoms with Crippen LogP contribution in [0, 0.1) is 28.5 Å². The van der Waals surface area contributed by atoms with E-state index in [2.05, 4.69) is 11.0 Å². The van der Waals surface area contributed by atoms with E-state index in [-0.39, 0.29) is 11.6 Å². The molecule has 1 saturated heterocycles. The molecule has 1 aliphatic heterocycles. The van der Waals surface area contributed by atoms with Crippen molar-refractivity contribution in [2.45, 2.75) is 19.4 Å². The van der Waals surface area contributed by atoms with E-state index in [1.807, 2.05) is 17.9 Å². The Kier molecular flexibility index (Phi) is 4.55. The first-order valence-corrected chi connectivity index (χ1v) is 6.78. The Hall–Kier alpha value is -2.11. The third kappa shape index (κ3) is 2.74. The predicted molar refractivity (Wildman–Crippen MR) is 74.6 cm³/mol. The summed E-state index contributed by atoms with van der Waals surface area (Å²) in [5.41, 5.74) is 0.755. The molecular weight excluding hydrogens is 255 g/mol. The van der Waals surface area contributed by atoms with Crippen LogP contribution < -0.4 is 4.90 Å². The van der Waals surface area contributed by atoms with E-state index in [1.165, 1.54) is 6.07 Å². The Balaban J connectivity index is 2.11. The highest BCUT2D eigenvalue weighted by molar-refractivity contribution is 5.60. The van der Waals surface area contributed by atoms with Gasteiger partial charge in [0.2, 0.25) is 0 Å². The smallest absolute Gasteiger partial charge is 0.143 e. The molecule has 0 amide bonds. The topological polar surface area (TPSA) is 54.1 Å². The number of nitrogens with zero attached hydrogens (tertiary/aromatic N) is 4. The lowest BCUT2D eigenvalue weighted by Crippen LogP contribution is -2.50. The molecule has 0 aromatic heterocycles. The number of benzene rings is 1. The molecule has 0 spiro atoms. The Labute approximate surface area is 118 Å². The van der Waals surface area contributed by atoms with Crippen LogP contribution in [0.15, 0.2) is 18.2 Å². The zero-order valence-corrected chi connectivity index (χ0v) is 11.5. The largest absolute Gasteiger partial charge is 0.368 e. The van der Waals surface area contributed by atoms with Crippen molar-refractivity contribution in [2.75, 3.05) is 31.1 Å². The lowest BCUT2D eigenvalue weighted by Gasteiger charge is -2.38. The number of piperazine rings is 1. The van der Waals surface area contributed by atoms with Crippen LogP contribution in [-0.4, -0.2) is 37.1 Å². The lowest BCUT2D eigenvalue weighted by molar-refractivity contribution is 0.216. The molecule has 1 heterocycles. The molecule has 1 aromatic rings. The second kappa shape index (κ2) is 6.36. The maximum Gasteiger partial charge on any atom is 0.143 e. The molecular formula is C15H17FN4. The molecule has 1 aliphatic rings. The van der Waals surface area contributed by atoms with Crippen molar-refractivity contribution in [3.63, 3.8) is 0 Å². The molecule has 20 heavy (non-hydrogen) atoms. The molecule has 104 valence electrons. The SMILES string of the molecule is CCC(C#N)N1CCN(c2cccc(F)c2C#N)CC1. The zero-order chi connectivity index (χ0) is 14.5. The molecule has 1 fully saturated rings. The summed E-state index contributed by atoms with van der Waals surface area (Å²) < 4.78 is 13.6. The highest BCUT2D eigenvalue weighted by Crippen LogP contribution is 2.24. The highest BCUT2D eigenvalue weighted by atomic mass is 19.1. The van der Waals surface area contributed by atoms with Crippen molar-refractivity contribution in [1.82, 2.24) is 4.90 Å². The molecule has 0 saturated carbocycles. The Bertz CT molecular complexity index is 550. The molecule has 2 rings (SSSR count). The monoisotopic (exact) mass is 272 g/mol. The van der Waals surface area contributed by atoms with Crippen molar-refractivity contribution in [3.05, 3.63) is 29.6 Å². The normalized spacial score (nSPS) is 17.3. The maximum atomic E-state index is 13.6. The van der Waals surface area contributed by atoms with Crippen molar-refractivity contribution in [3.8, 4) is 12.1 Å². The Morgan fingerprint density at radius 1 is 1.25 bits per heavy atom. The van der Waals surface area contributed by atoms with Gasteiger partial charge in [-0.2, -0.15) is 10.5 Å². The molecule has 1 aromatic carbocycles. The summed E-state index contributed by atoms with van der Waals surface area (Å²) in [5, 5.41) is 18.2. The van der Waals surface area contributed by atoms with Gasteiger partial charge in [0.25, 0.3) is 0 Å². The summed E-state index contributed by atoms with van der Waals surface area (Å²) in [6.45, 7) is 4.92. The van der Waals surface area contributed by atoms with Crippen LogP contribution in [0.3, 0.4) is 0 Å². The minimum atomic E-state index is -0.476. The van der Waals surface area contributed by atoms with Gasteiger partial charge in [-0.3, -0.25) is 4.90 Å². The lowest BCUT2D eigenvalue weighted by atomic mass is 10.1. The van der Waals surface area contributed by atoms with Crippen molar-refractivity contribution in [2.24, 2.45) is 0 Å². The summed E-state index contributed by atoms with van der Waals surface area (Å²) in [5.74, 6) is -0.476. The molecule has 4 nitrogen and oxygen atoms in total. The highest BCUT2D eigenvalue weighted by Gasteiger charge is 2.24. The minimum absolute atomic E-state index is 0.0555. The van der Waals surface area contributed by atoms with Crippen LogP contribution in [0.2, 0.25) is 0 Å². The van der Waals surface area contributed by atoms with Crippen LogP contribution in [0.25, 0.3) is 0 Å². The summed E-state index contributed by atoms with van der Waals surface area (Å²) in [6.07, 6.45) is 0.805. The summed E-state index contributed by atoms with van der Waals surface area (Å²) in [4.78, 5) is 4.16. The van der Waals surface area contributed by atoms with Gasteiger partial charge < -0.3 is 4.90 Å². The quantitative estimate of drug-likeness (QED) is 0.845. The maximum absolute atomic E-state index is 13.6. The van der Waals surface area contributed by atoms with Crippen LogP contribution in [0.5, 0.6) is 0 Å². The van der Waals surface area contributed by atoms with Crippen LogP contribution in [0.4, 0.5) is 10.1 Å². The van der Waals surface area contributed by atoms with E-state index in [9.17, 15) is 4.39 Å². The van der Waals surface area contributed by atoms with Gasteiger partial charge in [0.15, 0.2) is 0 Å². The standard InChI is InChI=1S/C15H17FN4/c1-2-12(10-17)19-6-8-20(9-7-19)15-5-3-4-14(16)13(15)11-18/h3-5,12H,2,6-9H2,1H3. The molecule has 0 aliphatic carbocycles. The van der Waals surface area contributed by atoms with Crippen LogP contribution in [0.1, 0.15) is 18.9 Å². The van der Waals surface area contributed by atoms with E-state index < -0.39 is 5.82 Å². The number of halogens is 1. The molecule has 0 bridgehead atoms. The third-order valence-corrected chi connectivity index (χ3v) is 3.73. The zero-order valence-electron chi connectivity index (χ0n) is 11.5. The average molecular weight is 272 g/mol. The van der Waals surface area contributed by atoms with Gasteiger partial charge in [-0.1, -0.05) is 13.0 Å². The number of hydrogen-bond donors (Lipinski definition) is 0. The fourth-order valence-electron chi connectivity index (χ4n) is 2.59. The first kappa shape index (κ1) is 14.3. The van der Waals surface area contributed by atoms with Gasteiger partial charge in [0, 0.05) is 26.2 Å². The first-order chi connectivity index (χ1) is 9.71. The number of anilines is 1. The first-order valence-electron chi connectivity index (χ1n) is 6.78. The van der Waals surface area contributed by atoms with Crippen LogP contribution in [-0.2, 0) is 0 Å². The van der Waals surface area contributed by atoms with Gasteiger partial charge in [-0.25, -0.2) is 4.39 Å². The molecule has 1 atom stereocenters. The molecule has 0 N–H and O–H groups in total. The minimum Gasteiger partial charge on any atom is -0.368 e. The van der Waals surface area contributed by atoms with Crippen molar-refractivity contribution in [1.29, 1.82) is 10.5 Å². The summed E-state index contributed by atoms with van der Waals surface area (Å²) >= 11 is 0. The Morgan fingerprint density at radius 2 is 1.95 bits per heavy atom. The second-order valence-corrected chi connectivity index (χ2v) is 4.82. The van der Waals surface area contributed by atoms with Gasteiger partial charge >= 0.3 is 0 Å². The summed E-state index contributed by atoms with van der Waals surface area (Å²) in [7, 11) is 0. The van der Waals surface area contributed by atoms with E-state index in [1.54, 1.807) is 12.1 Å². The Morgan fingerprint density at radius 3 is 2.50 bits per heavy atom. The molecule has 1 unspecified atom stereocenters. The second-order valence-electron chi connectivity index (χ2n) is 4.82. The fraction of sp³-hybridized carbons (Fsp3) is 0.467. The van der Waals surface area contributed by atoms with E-state index in [0.717, 1.165) is 19.5 Å². The average Bonchev–Trinajstić information content (AvgIpc) is 2.49. The number of hydrogen-bond acceptors (Lipinski definition) is 4. The molecule has 0 radical (unpaired) electrons. The molecule has 5 heteroatoms. The van der Waals surface area contributed by atoms with Gasteiger partial charge in [0.1, 0.15) is 17.4 Å². The predicted octanol–water partition coefficient (Wildman–Crippen LogP) is 2.12. The van der Waals surface area contributed by atoms with Gasteiger partial charge in [-0.05, 0) is 18.6 Å². The van der Waals surface area contributed by atoms with E-state index >= 15 is 0 Å². The van der Waals surface area contributed by atoms with Crippen molar-refractivity contribution >= 4 is 5.69 Å². The van der Waals surface area contributed by atoms with Gasteiger partial charge in [-0.15, -0.1) is 0 Å². The van der Waals surface area contributed by atoms with Gasteiger partial charge in [0.05, 0.1) is 17.8 Å². The fourth-order valence-corrected chi connectivity index (χ4v) is 2.59. The van der Waals surface area contributed by atoms with Crippen LogP contribution >= 0.6 is 0 Å². The van der Waals surface area contributed by atoms with E-state index in [0.29, 0.717) is 18.8 Å². The van der Waals surface area contributed by atoms with E-state index in [4.69, 9.17) is 10.5 Å². The number of nitriles is 2.